The van der Waals surface area contributed by atoms with E-state index in [1.807, 2.05) is 53.0 Å². The van der Waals surface area contributed by atoms with Gasteiger partial charge in [-0.05, 0) is 72.0 Å². The number of rotatable bonds is 2. The van der Waals surface area contributed by atoms with Crippen molar-refractivity contribution < 1.29 is 13.7 Å². The lowest BCUT2D eigenvalue weighted by Crippen LogP contribution is -2.42. The molecule has 2 aliphatic rings. The summed E-state index contributed by atoms with van der Waals surface area (Å²) in [5, 5.41) is 11.9. The third-order valence-electron chi connectivity index (χ3n) is 6.30. The summed E-state index contributed by atoms with van der Waals surface area (Å²) in [5.41, 5.74) is 1.40. The summed E-state index contributed by atoms with van der Waals surface area (Å²) in [6.07, 6.45) is 0.696. The van der Waals surface area contributed by atoms with E-state index in [4.69, 9.17) is 9.31 Å². The fourth-order valence-corrected chi connectivity index (χ4v) is 4.02. The second kappa shape index (κ2) is 5.80. The monoisotopic (exact) mass is 386 g/mol. The highest BCUT2D eigenvalue weighted by atomic mass is 19.1. The molecule has 0 radical (unpaired) electrons. The molecule has 6 nitrogen and oxygen atoms in total. The van der Waals surface area contributed by atoms with Gasteiger partial charge in [0.2, 0.25) is 0 Å². The van der Waals surface area contributed by atoms with Crippen LogP contribution in [0.1, 0.15) is 65.7 Å². The third kappa shape index (κ3) is 2.54. The molecule has 8 heteroatoms. The highest BCUT2D eigenvalue weighted by molar-refractivity contribution is 6.62. The third-order valence-corrected chi connectivity index (χ3v) is 6.30. The van der Waals surface area contributed by atoms with E-state index in [1.54, 1.807) is 6.07 Å². The maximum Gasteiger partial charge on any atom is 0.495 e. The van der Waals surface area contributed by atoms with E-state index >= 15 is 4.39 Å². The van der Waals surface area contributed by atoms with Gasteiger partial charge in [0, 0.05) is 0 Å². The van der Waals surface area contributed by atoms with Crippen molar-refractivity contribution in [1.82, 2.24) is 14.8 Å². The number of halogens is 1. The van der Waals surface area contributed by atoms with Gasteiger partial charge in [-0.1, -0.05) is 6.92 Å². The van der Waals surface area contributed by atoms with Crippen molar-refractivity contribution in [1.29, 1.82) is 0 Å². The summed E-state index contributed by atoms with van der Waals surface area (Å²) in [6.45, 7) is 15.9. The van der Waals surface area contributed by atoms with Crippen LogP contribution in [0.4, 0.5) is 10.1 Å². The largest absolute Gasteiger partial charge is 0.495 e. The van der Waals surface area contributed by atoms with Gasteiger partial charge in [0.25, 0.3) is 0 Å². The molecular formula is C20H28BFN4O2. The Labute approximate surface area is 166 Å². The Bertz CT molecular complexity index is 952. The summed E-state index contributed by atoms with van der Waals surface area (Å²) in [4.78, 5) is 0. The van der Waals surface area contributed by atoms with Gasteiger partial charge in [0.05, 0.1) is 28.1 Å². The summed E-state index contributed by atoms with van der Waals surface area (Å²) >= 11 is 0. The van der Waals surface area contributed by atoms with E-state index in [2.05, 4.69) is 22.4 Å². The Balaban J connectivity index is 1.96. The van der Waals surface area contributed by atoms with Crippen LogP contribution in [-0.2, 0) is 21.3 Å². The smallest absolute Gasteiger partial charge is 0.399 e. The van der Waals surface area contributed by atoms with Crippen molar-refractivity contribution in [2.75, 3.05) is 5.32 Å². The lowest BCUT2D eigenvalue weighted by atomic mass is 9.74. The standard InChI is InChI=1S/C20H28BFN4O2/c1-9-12-13(21-27-19(5,6)20(7,8)28-21)10-14(22)15-16(12)26-11(2)24-25-17(26)18(3,4)23-15/h10,23H,9H2,1-8H3. The lowest BCUT2D eigenvalue weighted by molar-refractivity contribution is 0.00578. The molecule has 28 heavy (non-hydrogen) atoms. The maximum absolute atomic E-state index is 15.3. The number of aryl methyl sites for hydroxylation is 1. The molecule has 0 aliphatic carbocycles. The van der Waals surface area contributed by atoms with Gasteiger partial charge in [-0.2, -0.15) is 0 Å². The minimum atomic E-state index is -0.630. The summed E-state index contributed by atoms with van der Waals surface area (Å²) in [5.74, 6) is 1.16. The first-order valence-corrected chi connectivity index (χ1v) is 9.81. The van der Waals surface area contributed by atoms with Crippen LogP contribution in [0.15, 0.2) is 6.07 Å². The van der Waals surface area contributed by atoms with Crippen LogP contribution in [0.2, 0.25) is 0 Å². The van der Waals surface area contributed by atoms with Crippen LogP contribution in [-0.4, -0.2) is 33.1 Å². The predicted molar refractivity (Wildman–Crippen MR) is 108 cm³/mol. The quantitative estimate of drug-likeness (QED) is 0.803. The Kier molecular flexibility index (Phi) is 4.01. The molecule has 1 aromatic carbocycles. The molecule has 1 N–H and O–H groups in total. The molecule has 4 rings (SSSR count). The summed E-state index contributed by atoms with van der Waals surface area (Å²) < 4.78 is 29.8. The molecule has 1 saturated heterocycles. The molecule has 0 atom stereocenters. The second-order valence-corrected chi connectivity index (χ2v) is 9.25. The van der Waals surface area contributed by atoms with Crippen molar-refractivity contribution in [2.24, 2.45) is 0 Å². The number of fused-ring (bicyclic) bond motifs is 3. The van der Waals surface area contributed by atoms with Crippen molar-refractivity contribution >= 4 is 18.3 Å². The van der Waals surface area contributed by atoms with Crippen molar-refractivity contribution in [3.8, 4) is 5.69 Å². The van der Waals surface area contributed by atoms with Crippen LogP contribution in [0, 0.1) is 12.7 Å². The molecule has 1 fully saturated rings. The number of nitrogens with zero attached hydrogens (tertiary/aromatic N) is 3. The fourth-order valence-electron chi connectivity index (χ4n) is 4.02. The van der Waals surface area contributed by atoms with Crippen LogP contribution in [0.3, 0.4) is 0 Å². The predicted octanol–water partition coefficient (Wildman–Crippen LogP) is 3.24. The molecule has 2 aliphatic heterocycles. The van der Waals surface area contributed by atoms with E-state index in [9.17, 15) is 0 Å². The molecule has 150 valence electrons. The first kappa shape index (κ1) is 19.4. The number of nitrogens with one attached hydrogen (secondary N) is 1. The molecule has 0 bridgehead atoms. The molecule has 1 aromatic heterocycles. The minimum Gasteiger partial charge on any atom is -0.399 e. The highest BCUT2D eigenvalue weighted by Gasteiger charge is 2.53. The molecule has 0 spiro atoms. The van der Waals surface area contributed by atoms with Crippen molar-refractivity contribution in [2.45, 2.75) is 78.6 Å². The minimum absolute atomic E-state index is 0.330. The Morgan fingerprint density at radius 3 is 2.29 bits per heavy atom. The topological polar surface area (TPSA) is 61.2 Å². The van der Waals surface area contributed by atoms with Crippen LogP contribution in [0.25, 0.3) is 5.69 Å². The number of hydrogen-bond acceptors (Lipinski definition) is 5. The Morgan fingerprint density at radius 1 is 1.11 bits per heavy atom. The lowest BCUT2D eigenvalue weighted by Gasteiger charge is -2.35. The SMILES string of the molecule is CCc1c(B2OC(C)(C)C(C)(C)O2)cc(F)c2c1-n1c(C)nnc1C(C)(C)N2. The van der Waals surface area contributed by atoms with Gasteiger partial charge in [0.1, 0.15) is 11.6 Å². The van der Waals surface area contributed by atoms with Crippen LogP contribution < -0.4 is 10.8 Å². The van der Waals surface area contributed by atoms with Crippen LogP contribution in [0.5, 0.6) is 0 Å². The summed E-state index contributed by atoms with van der Waals surface area (Å²) in [6, 6.07) is 1.55. The molecule has 0 amide bonds. The highest BCUT2D eigenvalue weighted by Crippen LogP contribution is 2.41. The van der Waals surface area contributed by atoms with Gasteiger partial charge in [-0.15, -0.1) is 10.2 Å². The normalized spacial score (nSPS) is 21.2. The molecule has 3 heterocycles. The van der Waals surface area contributed by atoms with E-state index in [-0.39, 0.29) is 5.82 Å². The van der Waals surface area contributed by atoms with E-state index in [0.717, 1.165) is 28.4 Å². The van der Waals surface area contributed by atoms with Gasteiger partial charge in [-0.3, -0.25) is 4.57 Å². The average Bonchev–Trinajstić information content (AvgIpc) is 3.06. The van der Waals surface area contributed by atoms with Crippen LogP contribution >= 0.6 is 0 Å². The average molecular weight is 386 g/mol. The Hall–Kier alpha value is -1.93. The number of benzene rings is 1. The van der Waals surface area contributed by atoms with E-state index in [1.165, 1.54) is 0 Å². The zero-order chi connectivity index (χ0) is 20.6. The van der Waals surface area contributed by atoms with Gasteiger partial charge < -0.3 is 14.6 Å². The molecule has 0 saturated carbocycles. The fraction of sp³-hybridized carbons (Fsp3) is 0.600. The summed E-state index contributed by atoms with van der Waals surface area (Å²) in [7, 11) is -0.630. The zero-order valence-electron chi connectivity index (χ0n) is 17.9. The maximum atomic E-state index is 15.3. The second-order valence-electron chi connectivity index (χ2n) is 9.25. The molecule has 2 aromatic rings. The first-order chi connectivity index (χ1) is 12.9. The molecular weight excluding hydrogens is 358 g/mol. The number of aromatic nitrogens is 3. The Morgan fingerprint density at radius 2 is 1.71 bits per heavy atom. The van der Waals surface area contributed by atoms with E-state index < -0.39 is 23.9 Å². The van der Waals surface area contributed by atoms with Gasteiger partial charge in [-0.25, -0.2) is 4.39 Å². The zero-order valence-corrected chi connectivity index (χ0v) is 17.9. The van der Waals surface area contributed by atoms with Gasteiger partial charge in [0.15, 0.2) is 5.82 Å². The van der Waals surface area contributed by atoms with Crippen molar-refractivity contribution in [3.63, 3.8) is 0 Å². The number of anilines is 1. The van der Waals surface area contributed by atoms with Gasteiger partial charge >= 0.3 is 7.12 Å². The molecule has 0 unspecified atom stereocenters. The first-order valence-electron chi connectivity index (χ1n) is 9.81. The number of hydrogen-bond donors (Lipinski definition) is 1. The van der Waals surface area contributed by atoms with E-state index in [0.29, 0.717) is 12.1 Å². The van der Waals surface area contributed by atoms with Crippen molar-refractivity contribution in [3.05, 3.63) is 29.1 Å².